The molecule has 4 heteroatoms. The molecule has 1 unspecified atom stereocenters. The largest absolute Gasteiger partial charge is 0.327 e. The fourth-order valence-electron chi connectivity index (χ4n) is 1.99. The van der Waals surface area contributed by atoms with Crippen LogP contribution in [0.3, 0.4) is 0 Å². The smallest absolute Gasteiger partial charge is 0.272 e. The van der Waals surface area contributed by atoms with Crippen molar-refractivity contribution in [2.45, 2.75) is 39.7 Å². The summed E-state index contributed by atoms with van der Waals surface area (Å²) in [5.41, 5.74) is 7.81. The summed E-state index contributed by atoms with van der Waals surface area (Å²) in [4.78, 5) is 10.6. The van der Waals surface area contributed by atoms with Gasteiger partial charge in [0.2, 0.25) is 0 Å². The van der Waals surface area contributed by atoms with Crippen LogP contribution in [0.15, 0.2) is 18.2 Å². The second-order valence-corrected chi connectivity index (χ2v) is 4.98. The van der Waals surface area contributed by atoms with E-state index in [1.54, 1.807) is 6.07 Å². The topological polar surface area (TPSA) is 69.2 Å². The van der Waals surface area contributed by atoms with Gasteiger partial charge in [-0.05, 0) is 31.2 Å². The molecule has 2 N–H and O–H groups in total. The normalized spacial score (nSPS) is 12.8. The van der Waals surface area contributed by atoms with Crippen LogP contribution in [0.1, 0.15) is 31.4 Å². The van der Waals surface area contributed by atoms with E-state index in [0.29, 0.717) is 12.3 Å². The minimum atomic E-state index is -0.329. The van der Waals surface area contributed by atoms with Crippen molar-refractivity contribution in [3.8, 4) is 0 Å². The Bertz CT molecular complexity index is 402. The first-order valence-electron chi connectivity index (χ1n) is 5.89. The summed E-state index contributed by atoms with van der Waals surface area (Å²) >= 11 is 0. The molecule has 94 valence electrons. The first kappa shape index (κ1) is 13.6. The van der Waals surface area contributed by atoms with Crippen LogP contribution in [0.4, 0.5) is 5.69 Å². The van der Waals surface area contributed by atoms with Gasteiger partial charge in [-0.15, -0.1) is 0 Å². The van der Waals surface area contributed by atoms with Crippen LogP contribution < -0.4 is 5.73 Å². The number of aryl methyl sites for hydroxylation is 1. The molecule has 0 aliphatic heterocycles. The molecule has 4 nitrogen and oxygen atoms in total. The molecule has 0 saturated carbocycles. The van der Waals surface area contributed by atoms with Crippen molar-refractivity contribution >= 4 is 5.69 Å². The molecule has 1 rings (SSSR count). The van der Waals surface area contributed by atoms with Crippen LogP contribution in [0.25, 0.3) is 0 Å². The lowest BCUT2D eigenvalue weighted by molar-refractivity contribution is -0.385. The Morgan fingerprint density at radius 3 is 2.59 bits per heavy atom. The Hall–Kier alpha value is -1.42. The highest BCUT2D eigenvalue weighted by atomic mass is 16.6. The first-order valence-corrected chi connectivity index (χ1v) is 5.89. The average Bonchev–Trinajstić information content (AvgIpc) is 2.19. The summed E-state index contributed by atoms with van der Waals surface area (Å²) in [7, 11) is 0. The van der Waals surface area contributed by atoms with Crippen molar-refractivity contribution in [1.82, 2.24) is 0 Å². The molecule has 0 bridgehead atoms. The molecule has 17 heavy (non-hydrogen) atoms. The van der Waals surface area contributed by atoms with Gasteiger partial charge in [-0.1, -0.05) is 26.0 Å². The zero-order valence-corrected chi connectivity index (χ0v) is 10.6. The zero-order valence-electron chi connectivity index (χ0n) is 10.6. The molecule has 0 saturated heterocycles. The molecule has 0 heterocycles. The second kappa shape index (κ2) is 5.77. The zero-order chi connectivity index (χ0) is 13.0. The Morgan fingerprint density at radius 2 is 2.06 bits per heavy atom. The lowest BCUT2D eigenvalue weighted by Crippen LogP contribution is -2.25. The van der Waals surface area contributed by atoms with Crippen molar-refractivity contribution in [2.24, 2.45) is 11.7 Å². The van der Waals surface area contributed by atoms with E-state index in [9.17, 15) is 10.1 Å². The van der Waals surface area contributed by atoms with Gasteiger partial charge in [0, 0.05) is 17.7 Å². The lowest BCUT2D eigenvalue weighted by atomic mass is 9.96. The Morgan fingerprint density at radius 1 is 1.41 bits per heavy atom. The molecule has 0 fully saturated rings. The molecule has 0 amide bonds. The SMILES string of the molecule is Cc1ccc(CC(N)CC(C)C)c([N+](=O)[O-])c1. The van der Waals surface area contributed by atoms with E-state index in [1.165, 1.54) is 0 Å². The van der Waals surface area contributed by atoms with Gasteiger partial charge < -0.3 is 5.73 Å². The van der Waals surface area contributed by atoms with Crippen molar-refractivity contribution in [1.29, 1.82) is 0 Å². The van der Waals surface area contributed by atoms with E-state index in [-0.39, 0.29) is 16.7 Å². The highest BCUT2D eigenvalue weighted by molar-refractivity contribution is 5.43. The van der Waals surface area contributed by atoms with Crippen LogP contribution in [0, 0.1) is 23.0 Å². The van der Waals surface area contributed by atoms with Gasteiger partial charge in [-0.3, -0.25) is 10.1 Å². The summed E-state index contributed by atoms with van der Waals surface area (Å²) in [5.74, 6) is 0.509. The molecular formula is C13H20N2O2. The minimum absolute atomic E-state index is 0.0172. The summed E-state index contributed by atoms with van der Waals surface area (Å²) < 4.78 is 0. The Kier molecular flexibility index (Phi) is 4.63. The van der Waals surface area contributed by atoms with Gasteiger partial charge in [0.15, 0.2) is 0 Å². The van der Waals surface area contributed by atoms with Crippen molar-refractivity contribution in [3.63, 3.8) is 0 Å². The molecule has 1 aromatic rings. The second-order valence-electron chi connectivity index (χ2n) is 4.98. The van der Waals surface area contributed by atoms with Crippen molar-refractivity contribution in [3.05, 3.63) is 39.4 Å². The predicted molar refractivity (Wildman–Crippen MR) is 69.0 cm³/mol. The first-order chi connectivity index (χ1) is 7.90. The summed E-state index contributed by atoms with van der Waals surface area (Å²) in [5, 5.41) is 10.9. The number of benzene rings is 1. The predicted octanol–water partition coefficient (Wildman–Crippen LogP) is 2.82. The van der Waals surface area contributed by atoms with E-state index >= 15 is 0 Å². The monoisotopic (exact) mass is 236 g/mol. The van der Waals surface area contributed by atoms with E-state index in [1.807, 2.05) is 19.1 Å². The number of nitrogens with two attached hydrogens (primary N) is 1. The van der Waals surface area contributed by atoms with Crippen LogP contribution in [-0.2, 0) is 6.42 Å². The standard InChI is InChI=1S/C13H20N2O2/c1-9(2)6-12(14)8-11-5-4-10(3)7-13(11)15(16)17/h4-5,7,9,12H,6,8,14H2,1-3H3. The highest BCUT2D eigenvalue weighted by Gasteiger charge is 2.16. The minimum Gasteiger partial charge on any atom is -0.327 e. The molecule has 1 atom stereocenters. The maximum absolute atomic E-state index is 10.9. The molecule has 0 aliphatic carbocycles. The number of nitrogens with zero attached hydrogens (tertiary/aromatic N) is 1. The Balaban J connectivity index is 2.86. The molecule has 0 spiro atoms. The van der Waals surface area contributed by atoms with E-state index in [2.05, 4.69) is 13.8 Å². The summed E-state index contributed by atoms with van der Waals surface area (Å²) in [6.45, 7) is 6.05. The van der Waals surface area contributed by atoms with Crippen LogP contribution in [0.5, 0.6) is 0 Å². The third-order valence-corrected chi connectivity index (χ3v) is 2.69. The summed E-state index contributed by atoms with van der Waals surface area (Å²) in [6.07, 6.45) is 1.44. The Labute approximate surface area is 102 Å². The fourth-order valence-corrected chi connectivity index (χ4v) is 1.99. The van der Waals surface area contributed by atoms with Crippen molar-refractivity contribution < 1.29 is 4.92 Å². The number of hydrogen-bond acceptors (Lipinski definition) is 3. The third kappa shape index (κ3) is 4.15. The number of nitro groups is 1. The van der Waals surface area contributed by atoms with Gasteiger partial charge in [0.05, 0.1) is 4.92 Å². The van der Waals surface area contributed by atoms with Gasteiger partial charge in [-0.2, -0.15) is 0 Å². The number of hydrogen-bond donors (Lipinski definition) is 1. The van der Waals surface area contributed by atoms with E-state index < -0.39 is 0 Å². The quantitative estimate of drug-likeness (QED) is 0.631. The maximum atomic E-state index is 10.9. The number of nitro benzene ring substituents is 1. The van der Waals surface area contributed by atoms with Gasteiger partial charge in [0.25, 0.3) is 5.69 Å². The molecule has 0 aliphatic rings. The van der Waals surface area contributed by atoms with Crippen LogP contribution in [-0.4, -0.2) is 11.0 Å². The van der Waals surface area contributed by atoms with Crippen molar-refractivity contribution in [2.75, 3.05) is 0 Å². The molecule has 1 aromatic carbocycles. The average molecular weight is 236 g/mol. The lowest BCUT2D eigenvalue weighted by Gasteiger charge is -2.14. The molecular weight excluding hydrogens is 216 g/mol. The van der Waals surface area contributed by atoms with Gasteiger partial charge in [-0.25, -0.2) is 0 Å². The number of rotatable bonds is 5. The highest BCUT2D eigenvalue weighted by Crippen LogP contribution is 2.22. The third-order valence-electron chi connectivity index (χ3n) is 2.69. The fraction of sp³-hybridized carbons (Fsp3) is 0.538. The van der Waals surface area contributed by atoms with Gasteiger partial charge >= 0.3 is 0 Å². The van der Waals surface area contributed by atoms with E-state index in [0.717, 1.165) is 17.5 Å². The van der Waals surface area contributed by atoms with Gasteiger partial charge in [0.1, 0.15) is 0 Å². The molecule has 0 aromatic heterocycles. The van der Waals surface area contributed by atoms with E-state index in [4.69, 9.17) is 5.73 Å². The summed E-state index contributed by atoms with van der Waals surface area (Å²) in [6, 6.07) is 5.30. The van der Waals surface area contributed by atoms with Crippen LogP contribution >= 0.6 is 0 Å². The maximum Gasteiger partial charge on any atom is 0.272 e. The van der Waals surface area contributed by atoms with Crippen LogP contribution in [0.2, 0.25) is 0 Å². The molecule has 0 radical (unpaired) electrons.